The van der Waals surface area contributed by atoms with Gasteiger partial charge in [-0.05, 0) is 0 Å². The Labute approximate surface area is 312 Å². The van der Waals surface area contributed by atoms with Crippen LogP contribution in [0.3, 0.4) is 0 Å². The molecule has 1 atom stereocenters. The fraction of sp³-hybridized carbons (Fsp3) is 0.389. The van der Waals surface area contributed by atoms with Gasteiger partial charge >= 0.3 is 277 Å². The number of allylic oxidation sites excluding steroid dienone is 4. The van der Waals surface area contributed by atoms with Crippen LogP contribution in [0.5, 0.6) is 34.5 Å². The molecule has 0 spiro atoms. The summed E-state index contributed by atoms with van der Waals surface area (Å²) in [6, 6.07) is 12.9. The molecule has 1 aliphatic rings. The molecule has 0 aromatic heterocycles. The number of rotatable bonds is 10. The molecule has 0 N–H and O–H groups in total. The van der Waals surface area contributed by atoms with Gasteiger partial charge in [0.05, 0.1) is 0 Å². The topological polar surface area (TPSA) is 55.4 Å². The molecule has 0 saturated heterocycles. The summed E-state index contributed by atoms with van der Waals surface area (Å²) in [7, 11) is 6.75. The molecule has 11 heteroatoms. The predicted octanol–water partition coefficient (Wildman–Crippen LogP) is -2.92. The summed E-state index contributed by atoms with van der Waals surface area (Å²) in [5.41, 5.74) is 7.06. The normalized spacial score (nSPS) is 15.7. The van der Waals surface area contributed by atoms with Crippen molar-refractivity contribution in [2.45, 2.75) is 53.5 Å². The summed E-state index contributed by atoms with van der Waals surface area (Å²) in [4.78, 5) is 0. The third-order valence-corrected chi connectivity index (χ3v) is 17.0. The standard InChI is InChI=1S/C36H45O6Si.3ClH.Ti/c1-21-14-27(37-8)33(40-11)30(17-21)43(36(7)20-24(4)25(5)26(36)6,31-18-22(2)15-28(38-9)34(31)41-12)32-19-23(3)16-29(39-10)35(32)42-13;;;;/h14-19H,1-13H3;3*1H;/q;;;;+3/p-3. The molecule has 0 amide bonds. The quantitative estimate of drug-likeness (QED) is 0.164. The Balaban J connectivity index is 0.00000368. The van der Waals surface area contributed by atoms with Crippen LogP contribution in [0.4, 0.5) is 0 Å². The van der Waals surface area contributed by atoms with Gasteiger partial charge in [0.25, 0.3) is 0 Å². The fourth-order valence-corrected chi connectivity index (χ4v) is 15.6. The summed E-state index contributed by atoms with van der Waals surface area (Å²) < 4.78 is 38.4. The van der Waals surface area contributed by atoms with Gasteiger partial charge in [-0.1, -0.05) is 0 Å². The maximum absolute atomic E-state index is 6.35. The van der Waals surface area contributed by atoms with Gasteiger partial charge in [0.2, 0.25) is 0 Å². The van der Waals surface area contributed by atoms with Crippen LogP contribution in [0.2, 0.25) is 5.04 Å². The predicted molar refractivity (Wildman–Crippen MR) is 177 cm³/mol. The molecule has 1 aliphatic carbocycles. The second kappa shape index (κ2) is 16.4. The van der Waals surface area contributed by atoms with E-state index in [9.17, 15) is 0 Å². The molecule has 4 rings (SSSR count). The van der Waals surface area contributed by atoms with E-state index in [1.54, 1.807) is 42.7 Å². The number of hydrogen-bond acceptors (Lipinski definition) is 6. The van der Waals surface area contributed by atoms with Crippen LogP contribution < -0.4 is 81.2 Å². The molecule has 0 radical (unpaired) electrons. The Morgan fingerprint density at radius 2 is 0.787 bits per heavy atom. The van der Waals surface area contributed by atoms with Crippen LogP contribution in [0.25, 0.3) is 0 Å². The molecule has 6 nitrogen and oxygen atoms in total. The van der Waals surface area contributed by atoms with E-state index >= 15 is 0 Å². The summed E-state index contributed by atoms with van der Waals surface area (Å²) in [6.45, 7) is 15.4. The third kappa shape index (κ3) is 6.45. The van der Waals surface area contributed by atoms with Gasteiger partial charge in [-0.25, -0.2) is 0 Å². The number of methoxy groups -OCH3 is 6. The van der Waals surface area contributed by atoms with Gasteiger partial charge in [0.15, 0.2) is 0 Å². The van der Waals surface area contributed by atoms with E-state index in [1.165, 1.54) is 20.6 Å². The van der Waals surface area contributed by atoms with Gasteiger partial charge in [-0.3, -0.25) is 0 Å². The number of hydrogen-bond donors (Lipinski definition) is 0. The summed E-state index contributed by atoms with van der Waals surface area (Å²) in [5.74, 6) is 4.11. The monoisotopic (exact) mass is 754 g/mol. The molecule has 47 heavy (non-hydrogen) atoms. The average molecular weight is 756 g/mol. The van der Waals surface area contributed by atoms with Crippen LogP contribution in [-0.2, 0) is 20.4 Å². The van der Waals surface area contributed by atoms with Crippen LogP contribution >= 0.6 is 0 Å². The van der Waals surface area contributed by atoms with Crippen LogP contribution in [0.15, 0.2) is 57.0 Å². The number of ether oxygens (including phenoxy) is 6. The van der Waals surface area contributed by atoms with E-state index in [-0.39, 0.29) is 37.2 Å². The Morgan fingerprint density at radius 3 is 1.00 bits per heavy atom. The average Bonchev–Trinajstić information content (AvgIpc) is 3.16. The first-order valence-corrected chi connectivity index (χ1v) is 17.4. The second-order valence-electron chi connectivity index (χ2n) is 11.8. The van der Waals surface area contributed by atoms with Gasteiger partial charge in [0, 0.05) is 0 Å². The van der Waals surface area contributed by atoms with Crippen molar-refractivity contribution in [3.8, 4) is 34.5 Å². The van der Waals surface area contributed by atoms with Gasteiger partial charge < -0.3 is 37.2 Å². The van der Waals surface area contributed by atoms with E-state index < -0.39 is 13.1 Å². The first kappa shape index (κ1) is 42.8. The van der Waals surface area contributed by atoms with Crippen molar-refractivity contribution < 1.29 is 86.1 Å². The van der Waals surface area contributed by atoms with Crippen LogP contribution in [-0.4, -0.2) is 50.7 Å². The van der Waals surface area contributed by atoms with Crippen LogP contribution in [0.1, 0.15) is 44.4 Å². The van der Waals surface area contributed by atoms with E-state index in [4.69, 9.17) is 28.4 Å². The molecule has 0 aliphatic heterocycles. The zero-order chi connectivity index (χ0) is 32.7. The zero-order valence-corrected chi connectivity index (χ0v) is 34.4. The Bertz CT molecular complexity index is 1510. The van der Waals surface area contributed by atoms with Gasteiger partial charge in [-0.2, -0.15) is 0 Å². The van der Waals surface area contributed by atoms with Crippen molar-refractivity contribution in [2.75, 3.05) is 42.7 Å². The molecule has 0 saturated carbocycles. The molecular formula is C36H45Cl3O6SiTi. The minimum absolute atomic E-state index is 0. The Kier molecular flexibility index (Phi) is 14.9. The molecule has 0 fully saturated rings. The van der Waals surface area contributed by atoms with E-state index in [0.717, 1.165) is 32.3 Å². The first-order valence-electron chi connectivity index (χ1n) is 14.6. The van der Waals surface area contributed by atoms with Crippen molar-refractivity contribution in [3.05, 3.63) is 73.7 Å². The molecule has 3 aromatic carbocycles. The molecular weight excluding hydrogens is 711 g/mol. The number of aryl methyl sites for hydroxylation is 3. The fourth-order valence-electron chi connectivity index (χ4n) is 7.26. The minimum Gasteiger partial charge on any atom is -1.00 e. The van der Waals surface area contributed by atoms with Crippen molar-refractivity contribution in [3.63, 3.8) is 0 Å². The van der Waals surface area contributed by atoms with Crippen molar-refractivity contribution in [1.29, 1.82) is 0 Å². The van der Waals surface area contributed by atoms with Gasteiger partial charge in [-0.15, -0.1) is 0 Å². The van der Waals surface area contributed by atoms with Gasteiger partial charge in [0.1, 0.15) is 0 Å². The Morgan fingerprint density at radius 1 is 0.489 bits per heavy atom. The largest absolute Gasteiger partial charge is 1.00 e. The number of benzene rings is 3. The van der Waals surface area contributed by atoms with E-state index in [0.29, 0.717) is 34.5 Å². The third-order valence-electron chi connectivity index (χ3n) is 9.58. The first-order chi connectivity index (χ1) is 20.8. The van der Waals surface area contributed by atoms with Crippen molar-refractivity contribution >= 4 is 23.6 Å². The zero-order valence-electron chi connectivity index (χ0n) is 29.5. The molecule has 0 bridgehead atoms. The SMILES string of the molecule is COc1cc(C)cc([Si](c2cc(C)cc(OC)c2OC)(c2cc(C)cc(OC)c2OC)C2(C)C(C)=C(C)C(C)=[C]2[Ti+3])c1OC.[Cl-].[Cl-].[Cl-]. The Hall–Kier alpha value is -2.26. The summed E-state index contributed by atoms with van der Waals surface area (Å²) >= 11 is 2.27. The molecule has 1 unspecified atom stereocenters. The summed E-state index contributed by atoms with van der Waals surface area (Å²) in [5, 5.41) is 2.65. The van der Waals surface area contributed by atoms with E-state index in [2.05, 4.69) is 87.1 Å². The minimum atomic E-state index is -3.49. The summed E-state index contributed by atoms with van der Waals surface area (Å²) in [6.07, 6.45) is 0. The van der Waals surface area contributed by atoms with Crippen molar-refractivity contribution in [1.82, 2.24) is 0 Å². The number of halogens is 3. The second-order valence-corrected chi connectivity index (χ2v) is 16.7. The smallest absolute Gasteiger partial charge is 1.00 e. The van der Waals surface area contributed by atoms with E-state index in [1.807, 2.05) is 18.2 Å². The molecule has 3 aromatic rings. The molecule has 254 valence electrons. The maximum atomic E-state index is 6.35. The maximum Gasteiger partial charge on any atom is -1.00 e. The van der Waals surface area contributed by atoms with Crippen molar-refractivity contribution in [2.24, 2.45) is 0 Å². The molecule has 0 heterocycles. The van der Waals surface area contributed by atoms with Crippen LogP contribution in [0, 0.1) is 20.8 Å².